The summed E-state index contributed by atoms with van der Waals surface area (Å²) in [5, 5.41) is 11.9. The number of piperidine rings is 1. The first-order chi connectivity index (χ1) is 12.3. The van der Waals surface area contributed by atoms with Gasteiger partial charge in [0, 0.05) is 31.5 Å². The molecule has 1 saturated heterocycles. The van der Waals surface area contributed by atoms with E-state index in [1.54, 1.807) is 18.5 Å². The highest BCUT2D eigenvalue weighted by molar-refractivity contribution is 5.90. The summed E-state index contributed by atoms with van der Waals surface area (Å²) in [7, 11) is 0. The van der Waals surface area contributed by atoms with Gasteiger partial charge in [0.2, 0.25) is 5.82 Å². The molecule has 7 heteroatoms. The second-order valence-electron chi connectivity index (χ2n) is 6.69. The summed E-state index contributed by atoms with van der Waals surface area (Å²) in [4.78, 5) is 22.4. The van der Waals surface area contributed by atoms with Crippen LogP contribution in [0.4, 0.5) is 5.82 Å². The summed E-state index contributed by atoms with van der Waals surface area (Å²) < 4.78 is 0. The van der Waals surface area contributed by atoms with Gasteiger partial charge in [0.1, 0.15) is 0 Å². The van der Waals surface area contributed by atoms with Crippen LogP contribution < -0.4 is 10.2 Å². The molecule has 1 fully saturated rings. The number of aromatic nitrogens is 4. The number of nitrogens with zero attached hydrogens (tertiary/aromatic N) is 5. The average molecular weight is 338 g/mol. The summed E-state index contributed by atoms with van der Waals surface area (Å²) in [6.45, 7) is 1.74. The molecule has 3 heterocycles. The number of hydrogen-bond acceptors (Lipinski definition) is 6. The number of aryl methyl sites for hydroxylation is 2. The van der Waals surface area contributed by atoms with E-state index >= 15 is 0 Å². The predicted molar refractivity (Wildman–Crippen MR) is 93.4 cm³/mol. The maximum Gasteiger partial charge on any atom is 0.289 e. The highest BCUT2D eigenvalue weighted by Gasteiger charge is 2.24. The Kier molecular flexibility index (Phi) is 4.54. The fraction of sp³-hybridized carbons (Fsp3) is 0.500. The van der Waals surface area contributed by atoms with Crippen LogP contribution in [0.25, 0.3) is 0 Å². The molecule has 0 bridgehead atoms. The molecule has 7 nitrogen and oxygen atoms in total. The first-order valence-corrected chi connectivity index (χ1v) is 8.98. The number of hydrogen-bond donors (Lipinski definition) is 1. The highest BCUT2D eigenvalue weighted by atomic mass is 16.2. The van der Waals surface area contributed by atoms with Crippen molar-refractivity contribution < 1.29 is 4.79 Å². The fourth-order valence-electron chi connectivity index (χ4n) is 3.55. The van der Waals surface area contributed by atoms with Gasteiger partial charge in [-0.05, 0) is 56.2 Å². The first kappa shape index (κ1) is 15.9. The number of amides is 1. The molecule has 2 aromatic rings. The van der Waals surface area contributed by atoms with Gasteiger partial charge in [0.05, 0.1) is 5.69 Å². The van der Waals surface area contributed by atoms with Gasteiger partial charge in [-0.15, -0.1) is 5.10 Å². The number of carbonyl (C=O) groups is 1. The number of rotatable bonds is 3. The molecule has 4 rings (SSSR count). The van der Waals surface area contributed by atoms with Gasteiger partial charge in [-0.2, -0.15) is 5.10 Å². The molecule has 130 valence electrons. The lowest BCUT2D eigenvalue weighted by Gasteiger charge is -2.33. The monoisotopic (exact) mass is 338 g/mol. The van der Waals surface area contributed by atoms with Crippen molar-refractivity contribution in [3.63, 3.8) is 0 Å². The molecular formula is C18H22N6O. The lowest BCUT2D eigenvalue weighted by atomic mass is 9.96. The Morgan fingerprint density at radius 2 is 1.84 bits per heavy atom. The van der Waals surface area contributed by atoms with Crippen LogP contribution in [0.15, 0.2) is 24.5 Å². The van der Waals surface area contributed by atoms with E-state index in [9.17, 15) is 4.79 Å². The minimum absolute atomic E-state index is 0.151. The molecule has 1 aliphatic heterocycles. The topological polar surface area (TPSA) is 83.9 Å². The third-order valence-corrected chi connectivity index (χ3v) is 4.98. The lowest BCUT2D eigenvalue weighted by Crippen LogP contribution is -2.45. The Bertz CT molecular complexity index is 742. The van der Waals surface area contributed by atoms with Crippen molar-refractivity contribution >= 4 is 11.7 Å². The normalized spacial score (nSPS) is 17.8. The van der Waals surface area contributed by atoms with Gasteiger partial charge in [0.25, 0.3) is 5.91 Å². The summed E-state index contributed by atoms with van der Waals surface area (Å²) in [6.07, 6.45) is 9.57. The van der Waals surface area contributed by atoms with Crippen LogP contribution >= 0.6 is 0 Å². The van der Waals surface area contributed by atoms with Crippen LogP contribution in [0.5, 0.6) is 0 Å². The number of nitrogens with one attached hydrogen (secondary N) is 1. The SMILES string of the molecule is O=C(NC1CCN(c2cc3c(nn2)CCCC3)CC1)c1ncccn1. The van der Waals surface area contributed by atoms with Crippen LogP contribution in [0.1, 0.15) is 47.6 Å². The molecular weight excluding hydrogens is 316 g/mol. The van der Waals surface area contributed by atoms with Crippen molar-refractivity contribution in [1.82, 2.24) is 25.5 Å². The molecule has 0 radical (unpaired) electrons. The van der Waals surface area contributed by atoms with Gasteiger partial charge in [-0.1, -0.05) is 0 Å². The van der Waals surface area contributed by atoms with Crippen molar-refractivity contribution in [3.05, 3.63) is 41.6 Å². The number of fused-ring (bicyclic) bond motifs is 1. The van der Waals surface area contributed by atoms with Crippen molar-refractivity contribution in [3.8, 4) is 0 Å². The van der Waals surface area contributed by atoms with Gasteiger partial charge in [0.15, 0.2) is 5.82 Å². The Labute approximate surface area is 146 Å². The van der Waals surface area contributed by atoms with Crippen molar-refractivity contribution in [2.24, 2.45) is 0 Å². The summed E-state index contributed by atoms with van der Waals surface area (Å²) in [5.74, 6) is 0.995. The summed E-state index contributed by atoms with van der Waals surface area (Å²) in [6, 6.07) is 4.06. The molecule has 0 unspecified atom stereocenters. The lowest BCUT2D eigenvalue weighted by molar-refractivity contribution is 0.0920. The molecule has 0 atom stereocenters. The third kappa shape index (κ3) is 3.60. The zero-order valence-electron chi connectivity index (χ0n) is 14.2. The fourth-order valence-corrected chi connectivity index (χ4v) is 3.55. The van der Waals surface area contributed by atoms with Crippen LogP contribution in [0.2, 0.25) is 0 Å². The van der Waals surface area contributed by atoms with Crippen LogP contribution in [0, 0.1) is 0 Å². The standard InChI is InChI=1S/C18H22N6O/c25-18(17-19-8-3-9-20-17)21-14-6-10-24(11-7-14)16-12-13-4-1-2-5-15(13)22-23-16/h3,8-9,12,14H,1-2,4-7,10-11H2,(H,21,25). The largest absolute Gasteiger partial charge is 0.355 e. The summed E-state index contributed by atoms with van der Waals surface area (Å²) in [5.41, 5.74) is 2.52. The van der Waals surface area contributed by atoms with E-state index < -0.39 is 0 Å². The first-order valence-electron chi connectivity index (χ1n) is 8.98. The molecule has 25 heavy (non-hydrogen) atoms. The van der Waals surface area contributed by atoms with Gasteiger partial charge >= 0.3 is 0 Å². The highest BCUT2D eigenvalue weighted by Crippen LogP contribution is 2.24. The Hall–Kier alpha value is -2.57. The van der Waals surface area contributed by atoms with Gasteiger partial charge in [-0.3, -0.25) is 4.79 Å². The van der Waals surface area contributed by atoms with Crippen LogP contribution in [-0.4, -0.2) is 45.2 Å². The zero-order valence-corrected chi connectivity index (χ0v) is 14.2. The quantitative estimate of drug-likeness (QED) is 0.914. The van der Waals surface area contributed by atoms with E-state index in [4.69, 9.17) is 0 Å². The minimum Gasteiger partial charge on any atom is -0.355 e. The third-order valence-electron chi connectivity index (χ3n) is 4.98. The zero-order chi connectivity index (χ0) is 17.1. The van der Waals surface area contributed by atoms with Gasteiger partial charge < -0.3 is 10.2 Å². The molecule has 2 aromatic heterocycles. The molecule has 2 aliphatic rings. The maximum atomic E-state index is 12.2. The van der Waals surface area contributed by atoms with E-state index in [0.717, 1.165) is 44.6 Å². The van der Waals surface area contributed by atoms with Gasteiger partial charge in [-0.25, -0.2) is 9.97 Å². The summed E-state index contributed by atoms with van der Waals surface area (Å²) >= 11 is 0. The average Bonchev–Trinajstić information content (AvgIpc) is 2.69. The number of anilines is 1. The Morgan fingerprint density at radius 3 is 2.64 bits per heavy atom. The second kappa shape index (κ2) is 7.13. The molecule has 0 aromatic carbocycles. The smallest absolute Gasteiger partial charge is 0.289 e. The van der Waals surface area contributed by atoms with Crippen LogP contribution in [-0.2, 0) is 12.8 Å². The minimum atomic E-state index is -0.201. The van der Waals surface area contributed by atoms with E-state index in [1.165, 1.54) is 24.1 Å². The molecule has 0 spiro atoms. The second-order valence-corrected chi connectivity index (χ2v) is 6.69. The van der Waals surface area contributed by atoms with E-state index in [-0.39, 0.29) is 17.8 Å². The van der Waals surface area contributed by atoms with E-state index in [2.05, 4.69) is 36.4 Å². The predicted octanol–water partition coefficient (Wildman–Crippen LogP) is 1.54. The molecule has 1 amide bonds. The number of carbonyl (C=O) groups excluding carboxylic acids is 1. The van der Waals surface area contributed by atoms with E-state index in [0.29, 0.717) is 0 Å². The van der Waals surface area contributed by atoms with Crippen molar-refractivity contribution in [2.75, 3.05) is 18.0 Å². The Balaban J connectivity index is 1.35. The molecule has 0 saturated carbocycles. The van der Waals surface area contributed by atoms with E-state index in [1.807, 2.05) is 0 Å². The molecule has 1 aliphatic carbocycles. The van der Waals surface area contributed by atoms with Crippen molar-refractivity contribution in [2.45, 2.75) is 44.6 Å². The maximum absolute atomic E-state index is 12.2. The molecule has 1 N–H and O–H groups in total. The Morgan fingerprint density at radius 1 is 1.08 bits per heavy atom. The van der Waals surface area contributed by atoms with Crippen molar-refractivity contribution in [1.29, 1.82) is 0 Å². The van der Waals surface area contributed by atoms with Crippen LogP contribution in [0.3, 0.4) is 0 Å².